The van der Waals surface area contributed by atoms with Crippen molar-refractivity contribution in [3.63, 3.8) is 0 Å². The Morgan fingerprint density at radius 1 is 0.964 bits per heavy atom. The van der Waals surface area contributed by atoms with E-state index in [1.54, 1.807) is 74.5 Å². The van der Waals surface area contributed by atoms with Crippen LogP contribution < -0.4 is 0 Å². The van der Waals surface area contributed by atoms with Gasteiger partial charge in [-0.3, -0.25) is 0 Å². The van der Waals surface area contributed by atoms with Crippen LogP contribution in [0.5, 0.6) is 0 Å². The molecule has 1 aliphatic rings. The van der Waals surface area contributed by atoms with Crippen LogP contribution >= 0.6 is 0 Å². The summed E-state index contributed by atoms with van der Waals surface area (Å²) in [7, 11) is 0. The average molecular weight is 386 g/mol. The molecule has 5 nitrogen and oxygen atoms in total. The van der Waals surface area contributed by atoms with Crippen molar-refractivity contribution in [2.45, 2.75) is 32.2 Å². The van der Waals surface area contributed by atoms with Gasteiger partial charge in [-0.2, -0.15) is 0 Å². The fraction of sp³-hybridized carbons (Fsp3) is 0.364. The summed E-state index contributed by atoms with van der Waals surface area (Å²) >= 11 is 0. The van der Waals surface area contributed by atoms with Gasteiger partial charge in [-0.25, -0.2) is 14.0 Å². The molecule has 0 aliphatic carbocycles. The molecule has 0 saturated carbocycles. The molecule has 0 aromatic heterocycles. The molecular weight excluding hydrogens is 363 g/mol. The Bertz CT molecular complexity index is 810. The SMILES string of the molecule is CC1O[C@H](COC(=O)c2ccccc2)[C@@](C)(COC(=O)c2ccccc2)C1F. The highest BCUT2D eigenvalue weighted by molar-refractivity contribution is 5.89. The van der Waals surface area contributed by atoms with E-state index in [0.29, 0.717) is 11.1 Å². The number of halogens is 1. The molecule has 28 heavy (non-hydrogen) atoms. The van der Waals surface area contributed by atoms with Crippen LogP contribution in [0.2, 0.25) is 0 Å². The molecule has 2 aromatic rings. The van der Waals surface area contributed by atoms with E-state index >= 15 is 0 Å². The lowest BCUT2D eigenvalue weighted by Crippen LogP contribution is -2.43. The predicted octanol–water partition coefficient (Wildman–Crippen LogP) is 3.83. The molecule has 3 rings (SSSR count). The maximum absolute atomic E-state index is 14.9. The number of hydrogen-bond donors (Lipinski definition) is 0. The summed E-state index contributed by atoms with van der Waals surface area (Å²) in [5, 5.41) is 0. The third-order valence-corrected chi connectivity index (χ3v) is 5.06. The van der Waals surface area contributed by atoms with E-state index in [9.17, 15) is 14.0 Å². The number of ether oxygens (including phenoxy) is 3. The number of rotatable bonds is 6. The zero-order valence-electron chi connectivity index (χ0n) is 15.8. The van der Waals surface area contributed by atoms with Gasteiger partial charge in [0.05, 0.1) is 22.6 Å². The smallest absolute Gasteiger partial charge is 0.338 e. The predicted molar refractivity (Wildman–Crippen MR) is 101 cm³/mol. The number of carbonyl (C=O) groups excluding carboxylic acids is 2. The van der Waals surface area contributed by atoms with Gasteiger partial charge < -0.3 is 14.2 Å². The second kappa shape index (κ2) is 8.52. The van der Waals surface area contributed by atoms with E-state index < -0.39 is 35.7 Å². The number of esters is 2. The molecule has 2 aromatic carbocycles. The van der Waals surface area contributed by atoms with Gasteiger partial charge in [0, 0.05) is 0 Å². The maximum Gasteiger partial charge on any atom is 0.338 e. The summed E-state index contributed by atoms with van der Waals surface area (Å²) in [4.78, 5) is 24.4. The Labute approximate surface area is 163 Å². The van der Waals surface area contributed by atoms with E-state index in [1.807, 2.05) is 0 Å². The summed E-state index contributed by atoms with van der Waals surface area (Å²) in [5.74, 6) is -1.05. The van der Waals surface area contributed by atoms with Gasteiger partial charge in [0.2, 0.25) is 0 Å². The van der Waals surface area contributed by atoms with Crippen molar-refractivity contribution in [3.8, 4) is 0 Å². The molecule has 0 bridgehead atoms. The van der Waals surface area contributed by atoms with Crippen molar-refractivity contribution in [1.82, 2.24) is 0 Å². The van der Waals surface area contributed by atoms with Crippen molar-refractivity contribution in [3.05, 3.63) is 71.8 Å². The molecule has 1 aliphatic heterocycles. The first-order valence-corrected chi connectivity index (χ1v) is 9.15. The molecule has 2 unspecified atom stereocenters. The zero-order valence-corrected chi connectivity index (χ0v) is 15.8. The van der Waals surface area contributed by atoms with Crippen LogP contribution in [0.1, 0.15) is 34.6 Å². The Hall–Kier alpha value is -2.73. The van der Waals surface area contributed by atoms with E-state index in [2.05, 4.69) is 0 Å². The van der Waals surface area contributed by atoms with Crippen LogP contribution in [0, 0.1) is 5.41 Å². The number of benzene rings is 2. The van der Waals surface area contributed by atoms with Crippen molar-refractivity contribution < 1.29 is 28.2 Å². The minimum Gasteiger partial charge on any atom is -0.461 e. The molecule has 6 heteroatoms. The minimum atomic E-state index is -1.36. The number of carbonyl (C=O) groups is 2. The molecule has 0 radical (unpaired) electrons. The van der Waals surface area contributed by atoms with Crippen molar-refractivity contribution in [2.75, 3.05) is 13.2 Å². The van der Waals surface area contributed by atoms with Crippen molar-refractivity contribution in [2.24, 2.45) is 5.41 Å². The summed E-state index contributed by atoms with van der Waals surface area (Å²) in [6, 6.07) is 17.0. The van der Waals surface area contributed by atoms with Gasteiger partial charge in [-0.1, -0.05) is 43.3 Å². The highest BCUT2D eigenvalue weighted by atomic mass is 19.1. The van der Waals surface area contributed by atoms with E-state index in [0.717, 1.165) is 0 Å². The van der Waals surface area contributed by atoms with Gasteiger partial charge in [-0.05, 0) is 31.2 Å². The zero-order chi connectivity index (χ0) is 20.1. The van der Waals surface area contributed by atoms with Gasteiger partial charge >= 0.3 is 11.9 Å². The quantitative estimate of drug-likeness (QED) is 0.706. The third kappa shape index (κ3) is 4.22. The summed E-state index contributed by atoms with van der Waals surface area (Å²) in [5.41, 5.74) is -0.330. The van der Waals surface area contributed by atoms with Crippen LogP contribution in [-0.2, 0) is 14.2 Å². The number of hydrogen-bond acceptors (Lipinski definition) is 5. The van der Waals surface area contributed by atoms with Crippen LogP contribution in [0.4, 0.5) is 4.39 Å². The highest BCUT2D eigenvalue weighted by Gasteiger charge is 2.54. The highest BCUT2D eigenvalue weighted by Crippen LogP contribution is 2.41. The summed E-state index contributed by atoms with van der Waals surface area (Å²) < 4.78 is 31.2. The van der Waals surface area contributed by atoms with Crippen molar-refractivity contribution >= 4 is 11.9 Å². The molecule has 0 amide bonds. The Balaban J connectivity index is 1.64. The van der Waals surface area contributed by atoms with Crippen LogP contribution in [0.25, 0.3) is 0 Å². The minimum absolute atomic E-state index is 0.127. The third-order valence-electron chi connectivity index (χ3n) is 5.06. The van der Waals surface area contributed by atoms with Gasteiger partial charge in [0.1, 0.15) is 25.5 Å². The van der Waals surface area contributed by atoms with Gasteiger partial charge in [-0.15, -0.1) is 0 Å². The fourth-order valence-electron chi connectivity index (χ4n) is 3.29. The molecular formula is C22H23FO5. The van der Waals surface area contributed by atoms with Crippen LogP contribution in [0.15, 0.2) is 60.7 Å². The summed E-state index contributed by atoms with van der Waals surface area (Å²) in [6.45, 7) is 2.94. The molecule has 0 N–H and O–H groups in total. The molecule has 148 valence electrons. The standard InChI is InChI=1S/C22H23FO5/c1-15-19(23)22(2,14-27-21(25)17-11-7-4-8-12-17)18(28-15)13-26-20(24)16-9-5-3-6-10-16/h3-12,15,18-19H,13-14H2,1-2H3/t15?,18-,19?,22-/m1/s1. The molecule has 4 atom stereocenters. The van der Waals surface area contributed by atoms with E-state index in [1.165, 1.54) is 0 Å². The topological polar surface area (TPSA) is 61.8 Å². The molecule has 1 saturated heterocycles. The first-order chi connectivity index (χ1) is 13.4. The average Bonchev–Trinajstić information content (AvgIpc) is 2.95. The first-order valence-electron chi connectivity index (χ1n) is 9.15. The van der Waals surface area contributed by atoms with Crippen molar-refractivity contribution in [1.29, 1.82) is 0 Å². The first kappa shape index (κ1) is 20.0. The Morgan fingerprint density at radius 2 is 1.46 bits per heavy atom. The second-order valence-electron chi connectivity index (χ2n) is 7.14. The molecule has 0 spiro atoms. The Kier molecular flexibility index (Phi) is 6.09. The normalized spacial score (nSPS) is 26.6. The van der Waals surface area contributed by atoms with Crippen LogP contribution in [-0.4, -0.2) is 43.5 Å². The van der Waals surface area contributed by atoms with Crippen LogP contribution in [0.3, 0.4) is 0 Å². The maximum atomic E-state index is 14.9. The fourth-order valence-corrected chi connectivity index (χ4v) is 3.29. The monoisotopic (exact) mass is 386 g/mol. The molecule has 1 fully saturated rings. The number of alkyl halides is 1. The second-order valence-corrected chi connectivity index (χ2v) is 7.14. The molecule has 1 heterocycles. The lowest BCUT2D eigenvalue weighted by molar-refractivity contribution is -0.0464. The lowest BCUT2D eigenvalue weighted by Gasteiger charge is -2.30. The largest absolute Gasteiger partial charge is 0.461 e. The van der Waals surface area contributed by atoms with E-state index in [4.69, 9.17) is 14.2 Å². The van der Waals surface area contributed by atoms with E-state index in [-0.39, 0.29) is 13.2 Å². The summed E-state index contributed by atoms with van der Waals surface area (Å²) in [6.07, 6.45) is -2.79. The lowest BCUT2D eigenvalue weighted by atomic mass is 9.81. The Morgan fingerprint density at radius 3 is 2.00 bits per heavy atom. The van der Waals surface area contributed by atoms with Gasteiger partial charge in [0.25, 0.3) is 0 Å². The van der Waals surface area contributed by atoms with Gasteiger partial charge in [0.15, 0.2) is 0 Å².